The topological polar surface area (TPSA) is 58.1 Å². The Morgan fingerprint density at radius 1 is 1.04 bits per heavy atom. The molecule has 0 atom stereocenters. The maximum absolute atomic E-state index is 12.1. The molecule has 0 spiro atoms. The Balaban J connectivity index is 1.51. The molecule has 0 aromatic carbocycles. The molecule has 5 heteroatoms. The predicted molar refractivity (Wildman–Crippen MR) is 90.1 cm³/mol. The summed E-state index contributed by atoms with van der Waals surface area (Å²) >= 11 is 0. The van der Waals surface area contributed by atoms with Gasteiger partial charge in [-0.3, -0.25) is 14.8 Å². The van der Waals surface area contributed by atoms with Crippen molar-refractivity contribution in [1.29, 1.82) is 0 Å². The van der Waals surface area contributed by atoms with E-state index in [4.69, 9.17) is 0 Å². The van der Waals surface area contributed by atoms with Crippen molar-refractivity contribution in [3.63, 3.8) is 0 Å². The van der Waals surface area contributed by atoms with Crippen molar-refractivity contribution in [3.8, 4) is 11.4 Å². The van der Waals surface area contributed by atoms with Gasteiger partial charge in [-0.25, -0.2) is 0 Å². The van der Waals surface area contributed by atoms with E-state index in [1.165, 1.54) is 19.3 Å². The molecule has 2 aromatic rings. The molecular formula is C18H22N4O. The first-order valence-corrected chi connectivity index (χ1v) is 8.21. The van der Waals surface area contributed by atoms with E-state index in [2.05, 4.69) is 20.2 Å². The number of amides is 1. The molecule has 2 aromatic heterocycles. The van der Waals surface area contributed by atoms with E-state index in [9.17, 15) is 4.79 Å². The Morgan fingerprint density at radius 2 is 1.87 bits per heavy atom. The standard InChI is InChI=1S/C18H22N4O/c23-18(20-10-13-22-11-4-1-5-12-22)15-7-8-17(21-14-15)16-6-2-3-9-19-16/h2-3,6-9,14H,1,4-5,10-13H2,(H,20,23). The zero-order chi connectivity index (χ0) is 15.9. The highest BCUT2D eigenvalue weighted by Crippen LogP contribution is 2.13. The fourth-order valence-corrected chi connectivity index (χ4v) is 2.81. The minimum Gasteiger partial charge on any atom is -0.351 e. The second-order valence-electron chi connectivity index (χ2n) is 5.81. The van der Waals surface area contributed by atoms with E-state index in [0.717, 1.165) is 31.0 Å². The third kappa shape index (κ3) is 4.36. The van der Waals surface area contributed by atoms with Crippen molar-refractivity contribution >= 4 is 5.91 Å². The van der Waals surface area contributed by atoms with Gasteiger partial charge in [0.2, 0.25) is 0 Å². The highest BCUT2D eigenvalue weighted by atomic mass is 16.1. The second-order valence-corrected chi connectivity index (χ2v) is 5.81. The summed E-state index contributed by atoms with van der Waals surface area (Å²) in [5.41, 5.74) is 2.17. The molecule has 0 aliphatic carbocycles. The fourth-order valence-electron chi connectivity index (χ4n) is 2.81. The van der Waals surface area contributed by atoms with Gasteiger partial charge in [0, 0.05) is 25.5 Å². The minimum atomic E-state index is -0.0675. The number of pyridine rings is 2. The van der Waals surface area contributed by atoms with Crippen LogP contribution in [0.5, 0.6) is 0 Å². The van der Waals surface area contributed by atoms with Crippen molar-refractivity contribution in [1.82, 2.24) is 20.2 Å². The van der Waals surface area contributed by atoms with Crippen molar-refractivity contribution in [2.24, 2.45) is 0 Å². The molecule has 5 nitrogen and oxygen atoms in total. The van der Waals surface area contributed by atoms with Crippen LogP contribution < -0.4 is 5.32 Å². The molecular weight excluding hydrogens is 288 g/mol. The van der Waals surface area contributed by atoms with Crippen LogP contribution in [0, 0.1) is 0 Å². The lowest BCUT2D eigenvalue weighted by Gasteiger charge is -2.26. The lowest BCUT2D eigenvalue weighted by atomic mass is 10.1. The van der Waals surface area contributed by atoms with Crippen molar-refractivity contribution in [2.75, 3.05) is 26.2 Å². The van der Waals surface area contributed by atoms with Crippen molar-refractivity contribution in [3.05, 3.63) is 48.3 Å². The molecule has 1 aliphatic rings. The Hall–Kier alpha value is -2.27. The van der Waals surface area contributed by atoms with Gasteiger partial charge >= 0.3 is 0 Å². The van der Waals surface area contributed by atoms with Crippen molar-refractivity contribution in [2.45, 2.75) is 19.3 Å². The van der Waals surface area contributed by atoms with Crippen LogP contribution in [0.3, 0.4) is 0 Å². The number of likely N-dealkylation sites (tertiary alicyclic amines) is 1. The molecule has 0 saturated carbocycles. The van der Waals surface area contributed by atoms with Crippen LogP contribution in [0.2, 0.25) is 0 Å². The summed E-state index contributed by atoms with van der Waals surface area (Å²) in [4.78, 5) is 23.1. The summed E-state index contributed by atoms with van der Waals surface area (Å²) in [5, 5.41) is 2.97. The smallest absolute Gasteiger partial charge is 0.252 e. The first-order chi connectivity index (χ1) is 11.3. The Kier molecular flexibility index (Phi) is 5.32. The molecule has 0 bridgehead atoms. The molecule has 23 heavy (non-hydrogen) atoms. The predicted octanol–water partition coefficient (Wildman–Crippen LogP) is 2.36. The zero-order valence-electron chi connectivity index (χ0n) is 13.2. The van der Waals surface area contributed by atoms with E-state index in [1.54, 1.807) is 18.5 Å². The van der Waals surface area contributed by atoms with Crippen LogP contribution in [0.1, 0.15) is 29.6 Å². The lowest BCUT2D eigenvalue weighted by molar-refractivity contribution is 0.0946. The Morgan fingerprint density at radius 3 is 2.57 bits per heavy atom. The average molecular weight is 310 g/mol. The first kappa shape index (κ1) is 15.6. The SMILES string of the molecule is O=C(NCCN1CCCCC1)c1ccc(-c2ccccn2)nc1. The Labute approximate surface area is 136 Å². The summed E-state index contributed by atoms with van der Waals surface area (Å²) in [6.07, 6.45) is 7.22. The number of aromatic nitrogens is 2. The van der Waals surface area contributed by atoms with Gasteiger partial charge in [-0.2, -0.15) is 0 Å². The van der Waals surface area contributed by atoms with Gasteiger partial charge in [0.15, 0.2) is 0 Å². The van der Waals surface area contributed by atoms with Crippen LogP contribution in [-0.2, 0) is 0 Å². The largest absolute Gasteiger partial charge is 0.351 e. The molecule has 1 aliphatic heterocycles. The minimum absolute atomic E-state index is 0.0675. The number of piperidine rings is 1. The average Bonchev–Trinajstić information content (AvgIpc) is 2.63. The van der Waals surface area contributed by atoms with E-state index in [0.29, 0.717) is 12.1 Å². The molecule has 1 fully saturated rings. The number of hydrogen-bond acceptors (Lipinski definition) is 4. The second kappa shape index (κ2) is 7.83. The van der Waals surface area contributed by atoms with E-state index in [-0.39, 0.29) is 5.91 Å². The Bertz CT molecular complexity index is 621. The van der Waals surface area contributed by atoms with Crippen LogP contribution in [0.4, 0.5) is 0 Å². The van der Waals surface area contributed by atoms with Gasteiger partial charge in [-0.1, -0.05) is 12.5 Å². The van der Waals surface area contributed by atoms with E-state index >= 15 is 0 Å². The van der Waals surface area contributed by atoms with Gasteiger partial charge in [0.25, 0.3) is 5.91 Å². The monoisotopic (exact) mass is 310 g/mol. The van der Waals surface area contributed by atoms with Gasteiger partial charge in [-0.05, 0) is 50.2 Å². The van der Waals surface area contributed by atoms with Crippen LogP contribution in [0.25, 0.3) is 11.4 Å². The molecule has 0 unspecified atom stereocenters. The van der Waals surface area contributed by atoms with Gasteiger partial charge < -0.3 is 10.2 Å². The first-order valence-electron chi connectivity index (χ1n) is 8.21. The summed E-state index contributed by atoms with van der Waals surface area (Å²) in [7, 11) is 0. The summed E-state index contributed by atoms with van der Waals surface area (Å²) in [6.45, 7) is 3.90. The number of carbonyl (C=O) groups excluding carboxylic acids is 1. The summed E-state index contributed by atoms with van der Waals surface area (Å²) in [6, 6.07) is 9.33. The number of rotatable bonds is 5. The normalized spacial score (nSPS) is 15.3. The quantitative estimate of drug-likeness (QED) is 0.921. The zero-order valence-corrected chi connectivity index (χ0v) is 13.2. The van der Waals surface area contributed by atoms with E-state index in [1.807, 2.05) is 24.3 Å². The maximum Gasteiger partial charge on any atom is 0.252 e. The van der Waals surface area contributed by atoms with Crippen molar-refractivity contribution < 1.29 is 4.79 Å². The molecule has 0 radical (unpaired) electrons. The lowest BCUT2D eigenvalue weighted by Crippen LogP contribution is -2.37. The van der Waals surface area contributed by atoms with Crippen LogP contribution in [-0.4, -0.2) is 47.0 Å². The molecule has 1 amide bonds. The fraction of sp³-hybridized carbons (Fsp3) is 0.389. The molecule has 3 heterocycles. The van der Waals surface area contributed by atoms with E-state index < -0.39 is 0 Å². The third-order valence-corrected chi connectivity index (χ3v) is 4.12. The van der Waals surface area contributed by atoms with Gasteiger partial charge in [0.1, 0.15) is 0 Å². The molecule has 120 valence electrons. The highest BCUT2D eigenvalue weighted by molar-refractivity contribution is 5.94. The van der Waals surface area contributed by atoms with Gasteiger partial charge in [0.05, 0.1) is 17.0 Å². The number of carbonyl (C=O) groups is 1. The maximum atomic E-state index is 12.1. The highest BCUT2D eigenvalue weighted by Gasteiger charge is 2.11. The van der Waals surface area contributed by atoms with Crippen LogP contribution >= 0.6 is 0 Å². The van der Waals surface area contributed by atoms with Gasteiger partial charge in [-0.15, -0.1) is 0 Å². The van der Waals surface area contributed by atoms with Crippen LogP contribution in [0.15, 0.2) is 42.7 Å². The number of nitrogens with one attached hydrogen (secondary N) is 1. The molecule has 1 saturated heterocycles. The third-order valence-electron chi connectivity index (χ3n) is 4.12. The molecule has 3 rings (SSSR count). The summed E-state index contributed by atoms with van der Waals surface area (Å²) in [5.74, 6) is -0.0675. The molecule has 1 N–H and O–H groups in total. The summed E-state index contributed by atoms with van der Waals surface area (Å²) < 4.78 is 0. The number of hydrogen-bond donors (Lipinski definition) is 1. The number of nitrogens with zero attached hydrogens (tertiary/aromatic N) is 3.